The molecule has 0 radical (unpaired) electrons. The lowest BCUT2D eigenvalue weighted by atomic mass is 10.1. The Morgan fingerprint density at radius 2 is 2.05 bits per heavy atom. The normalized spacial score (nSPS) is 13.4. The Kier molecular flexibility index (Phi) is 3.22. The topological polar surface area (TPSA) is 46.3 Å². The Bertz CT molecular complexity index is 702. The molecule has 0 bridgehead atoms. The highest BCUT2D eigenvalue weighted by atomic mass is 79.9. The molecule has 2 aromatic rings. The van der Waals surface area contributed by atoms with Gasteiger partial charge in [-0.25, -0.2) is 4.39 Å². The third-order valence-corrected chi connectivity index (χ3v) is 4.02. The lowest BCUT2D eigenvalue weighted by Gasteiger charge is -2.18. The molecule has 0 saturated heterocycles. The molecule has 1 aliphatic rings. The number of rotatable bonds is 1. The lowest BCUT2D eigenvalue weighted by molar-refractivity contribution is 0.0989. The van der Waals surface area contributed by atoms with Crippen molar-refractivity contribution in [3.8, 4) is 0 Å². The van der Waals surface area contributed by atoms with Gasteiger partial charge < -0.3 is 10.6 Å². The summed E-state index contributed by atoms with van der Waals surface area (Å²) in [5.41, 5.74) is 8.81. The van der Waals surface area contributed by atoms with E-state index in [4.69, 9.17) is 5.73 Å². The van der Waals surface area contributed by atoms with E-state index >= 15 is 0 Å². The van der Waals surface area contributed by atoms with Gasteiger partial charge in [0.1, 0.15) is 5.82 Å². The fraction of sp³-hybridized carbons (Fsp3) is 0.133. The molecule has 0 atom stereocenters. The minimum absolute atomic E-state index is 0.143. The standard InChI is InChI=1S/C15H12BrFN2O/c16-12-7-10(2-4-13(12)17)15(20)19-6-5-9-1-3-11(18)8-14(9)19/h1-4,7-8H,5-6,18H2. The largest absolute Gasteiger partial charge is 0.399 e. The van der Waals surface area contributed by atoms with E-state index in [1.54, 1.807) is 11.0 Å². The number of nitrogens with zero attached hydrogens (tertiary/aromatic N) is 1. The van der Waals surface area contributed by atoms with Gasteiger partial charge in [0.05, 0.1) is 4.47 Å². The van der Waals surface area contributed by atoms with Crippen LogP contribution in [0.4, 0.5) is 15.8 Å². The predicted octanol–water partition coefficient (Wildman–Crippen LogP) is 3.37. The molecule has 2 aromatic carbocycles. The predicted molar refractivity (Wildman–Crippen MR) is 80.3 cm³/mol. The Hall–Kier alpha value is -1.88. The summed E-state index contributed by atoms with van der Waals surface area (Å²) < 4.78 is 13.5. The maximum atomic E-state index is 13.2. The number of nitrogen functional groups attached to an aromatic ring is 1. The minimum Gasteiger partial charge on any atom is -0.399 e. The van der Waals surface area contributed by atoms with Crippen LogP contribution in [-0.4, -0.2) is 12.5 Å². The SMILES string of the molecule is Nc1ccc2c(c1)N(C(=O)c1ccc(F)c(Br)c1)CC2. The van der Waals surface area contributed by atoms with Gasteiger partial charge in [-0.2, -0.15) is 0 Å². The van der Waals surface area contributed by atoms with E-state index in [0.717, 1.165) is 17.7 Å². The molecule has 20 heavy (non-hydrogen) atoms. The van der Waals surface area contributed by atoms with Crippen molar-refractivity contribution in [2.75, 3.05) is 17.2 Å². The van der Waals surface area contributed by atoms with Crippen LogP contribution in [0.3, 0.4) is 0 Å². The van der Waals surface area contributed by atoms with Crippen LogP contribution in [0.25, 0.3) is 0 Å². The number of carbonyl (C=O) groups excluding carboxylic acids is 1. The summed E-state index contributed by atoms with van der Waals surface area (Å²) in [6.45, 7) is 0.618. The van der Waals surface area contributed by atoms with Crippen molar-refractivity contribution in [1.29, 1.82) is 0 Å². The number of fused-ring (bicyclic) bond motifs is 1. The van der Waals surface area contributed by atoms with Crippen LogP contribution in [-0.2, 0) is 6.42 Å². The molecule has 1 amide bonds. The van der Waals surface area contributed by atoms with E-state index in [2.05, 4.69) is 15.9 Å². The maximum Gasteiger partial charge on any atom is 0.258 e. The Morgan fingerprint density at radius 3 is 2.80 bits per heavy atom. The van der Waals surface area contributed by atoms with Crippen LogP contribution in [0.1, 0.15) is 15.9 Å². The van der Waals surface area contributed by atoms with Crippen LogP contribution < -0.4 is 10.6 Å². The van der Waals surface area contributed by atoms with Gasteiger partial charge in [0.15, 0.2) is 0 Å². The van der Waals surface area contributed by atoms with Gasteiger partial charge in [0.2, 0.25) is 0 Å². The monoisotopic (exact) mass is 334 g/mol. The lowest BCUT2D eigenvalue weighted by Crippen LogP contribution is -2.28. The average Bonchev–Trinajstić information content (AvgIpc) is 2.84. The first-order valence-corrected chi connectivity index (χ1v) is 7.01. The van der Waals surface area contributed by atoms with Crippen molar-refractivity contribution in [1.82, 2.24) is 0 Å². The molecule has 0 unspecified atom stereocenters. The number of hydrogen-bond acceptors (Lipinski definition) is 2. The first kappa shape index (κ1) is 13.1. The van der Waals surface area contributed by atoms with Gasteiger partial charge in [-0.3, -0.25) is 4.79 Å². The van der Waals surface area contributed by atoms with Crippen molar-refractivity contribution in [2.24, 2.45) is 0 Å². The van der Waals surface area contributed by atoms with E-state index in [1.807, 2.05) is 12.1 Å². The van der Waals surface area contributed by atoms with Gasteiger partial charge >= 0.3 is 0 Å². The summed E-state index contributed by atoms with van der Waals surface area (Å²) in [6.07, 6.45) is 0.809. The van der Waals surface area contributed by atoms with Crippen molar-refractivity contribution in [3.05, 3.63) is 57.8 Å². The summed E-state index contributed by atoms with van der Waals surface area (Å²) in [5.74, 6) is -0.525. The van der Waals surface area contributed by atoms with Crippen molar-refractivity contribution >= 4 is 33.2 Å². The molecule has 0 aliphatic carbocycles. The van der Waals surface area contributed by atoms with E-state index in [-0.39, 0.29) is 16.2 Å². The molecule has 2 N–H and O–H groups in total. The molecule has 0 fully saturated rings. The highest BCUT2D eigenvalue weighted by molar-refractivity contribution is 9.10. The smallest absolute Gasteiger partial charge is 0.258 e. The Morgan fingerprint density at radius 1 is 1.25 bits per heavy atom. The summed E-state index contributed by atoms with van der Waals surface area (Å²) in [7, 11) is 0. The van der Waals surface area contributed by atoms with E-state index in [1.165, 1.54) is 18.2 Å². The highest BCUT2D eigenvalue weighted by Crippen LogP contribution is 2.31. The summed E-state index contributed by atoms with van der Waals surface area (Å²) >= 11 is 3.10. The molecular formula is C15H12BrFN2O. The fourth-order valence-corrected chi connectivity index (χ4v) is 2.77. The van der Waals surface area contributed by atoms with Gasteiger partial charge in [-0.15, -0.1) is 0 Å². The van der Waals surface area contributed by atoms with Crippen LogP contribution in [0, 0.1) is 5.82 Å². The molecule has 5 heteroatoms. The summed E-state index contributed by atoms with van der Waals surface area (Å²) in [6, 6.07) is 9.86. The molecule has 102 valence electrons. The molecule has 1 aliphatic heterocycles. The zero-order chi connectivity index (χ0) is 14.3. The molecule has 3 nitrogen and oxygen atoms in total. The first-order valence-electron chi connectivity index (χ1n) is 6.21. The number of anilines is 2. The minimum atomic E-state index is -0.382. The zero-order valence-corrected chi connectivity index (χ0v) is 12.2. The molecule has 0 spiro atoms. The third-order valence-electron chi connectivity index (χ3n) is 3.42. The molecule has 1 heterocycles. The van der Waals surface area contributed by atoms with Crippen LogP contribution in [0.2, 0.25) is 0 Å². The van der Waals surface area contributed by atoms with E-state index in [0.29, 0.717) is 17.8 Å². The zero-order valence-electron chi connectivity index (χ0n) is 10.6. The number of halogens is 2. The Labute approximate surface area is 124 Å². The van der Waals surface area contributed by atoms with Crippen molar-refractivity contribution in [3.63, 3.8) is 0 Å². The molecule has 0 aromatic heterocycles. The van der Waals surface area contributed by atoms with Gasteiger partial charge in [-0.05, 0) is 58.2 Å². The molecule has 3 rings (SSSR count). The Balaban J connectivity index is 1.97. The highest BCUT2D eigenvalue weighted by Gasteiger charge is 2.26. The number of benzene rings is 2. The summed E-state index contributed by atoms with van der Waals surface area (Å²) in [4.78, 5) is 14.2. The maximum absolute atomic E-state index is 13.2. The quantitative estimate of drug-likeness (QED) is 0.812. The number of amides is 1. The van der Waals surface area contributed by atoms with Crippen LogP contribution >= 0.6 is 15.9 Å². The number of nitrogens with two attached hydrogens (primary N) is 1. The second kappa shape index (κ2) is 4.90. The third kappa shape index (κ3) is 2.18. The van der Waals surface area contributed by atoms with Crippen LogP contribution in [0.15, 0.2) is 40.9 Å². The van der Waals surface area contributed by atoms with E-state index in [9.17, 15) is 9.18 Å². The fourth-order valence-electron chi connectivity index (χ4n) is 2.39. The summed E-state index contributed by atoms with van der Waals surface area (Å²) in [5, 5.41) is 0. The van der Waals surface area contributed by atoms with Crippen molar-refractivity contribution in [2.45, 2.75) is 6.42 Å². The second-order valence-electron chi connectivity index (χ2n) is 4.72. The molecular weight excluding hydrogens is 323 g/mol. The average molecular weight is 335 g/mol. The number of hydrogen-bond donors (Lipinski definition) is 1. The first-order chi connectivity index (χ1) is 9.56. The number of carbonyl (C=O) groups is 1. The second-order valence-corrected chi connectivity index (χ2v) is 5.58. The van der Waals surface area contributed by atoms with E-state index < -0.39 is 0 Å². The van der Waals surface area contributed by atoms with Crippen molar-refractivity contribution < 1.29 is 9.18 Å². The van der Waals surface area contributed by atoms with Gasteiger partial charge in [0.25, 0.3) is 5.91 Å². The molecule has 0 saturated carbocycles. The van der Waals surface area contributed by atoms with Gasteiger partial charge in [-0.1, -0.05) is 6.07 Å². The van der Waals surface area contributed by atoms with Gasteiger partial charge in [0, 0.05) is 23.5 Å². The van der Waals surface area contributed by atoms with Crippen LogP contribution in [0.5, 0.6) is 0 Å².